The Balaban J connectivity index is 1.72. The van der Waals surface area contributed by atoms with Crippen LogP contribution in [0, 0.1) is 6.92 Å². The smallest absolute Gasteiger partial charge is 0.295 e. The standard InChI is InChI=1S/C24H25ClN2O4/c1-16-2-4-17(5-3-16)21-20(22(28)18-6-8-19(25)9-7-18)23(29)24(30)27(21)11-10-26-12-14-31-15-13-26/h2-9,21,28H,10-15H2,1H3/b22-20-. The van der Waals surface area contributed by atoms with Crippen LogP contribution in [0.3, 0.4) is 0 Å². The van der Waals surface area contributed by atoms with E-state index in [1.54, 1.807) is 29.2 Å². The van der Waals surface area contributed by atoms with Crippen LogP contribution >= 0.6 is 11.6 Å². The van der Waals surface area contributed by atoms with Crippen LogP contribution in [0.2, 0.25) is 5.02 Å². The maximum Gasteiger partial charge on any atom is 0.295 e. The number of carbonyl (C=O) groups is 2. The average Bonchev–Trinajstić information content (AvgIpc) is 3.04. The van der Waals surface area contributed by atoms with Gasteiger partial charge in [0.15, 0.2) is 0 Å². The van der Waals surface area contributed by atoms with Crippen LogP contribution in [0.5, 0.6) is 0 Å². The van der Waals surface area contributed by atoms with E-state index >= 15 is 0 Å². The fourth-order valence-electron chi connectivity index (χ4n) is 4.04. The molecule has 2 heterocycles. The maximum atomic E-state index is 13.0. The summed E-state index contributed by atoms with van der Waals surface area (Å²) in [4.78, 5) is 29.8. The summed E-state index contributed by atoms with van der Waals surface area (Å²) in [7, 11) is 0. The molecule has 0 spiro atoms. The van der Waals surface area contributed by atoms with Crippen molar-refractivity contribution in [1.82, 2.24) is 9.80 Å². The van der Waals surface area contributed by atoms with E-state index in [-0.39, 0.29) is 11.3 Å². The van der Waals surface area contributed by atoms with E-state index < -0.39 is 17.7 Å². The van der Waals surface area contributed by atoms with E-state index in [0.717, 1.165) is 24.2 Å². The number of carbonyl (C=O) groups excluding carboxylic acids is 2. The quantitative estimate of drug-likeness (QED) is 0.438. The molecule has 2 saturated heterocycles. The molecule has 0 aromatic heterocycles. The predicted molar refractivity (Wildman–Crippen MR) is 119 cm³/mol. The first-order valence-corrected chi connectivity index (χ1v) is 10.7. The van der Waals surface area contributed by atoms with Gasteiger partial charge in [-0.2, -0.15) is 0 Å². The van der Waals surface area contributed by atoms with Gasteiger partial charge in [-0.1, -0.05) is 41.4 Å². The number of ether oxygens (including phenoxy) is 1. The zero-order valence-electron chi connectivity index (χ0n) is 17.4. The van der Waals surface area contributed by atoms with Crippen molar-refractivity contribution in [2.24, 2.45) is 0 Å². The summed E-state index contributed by atoms with van der Waals surface area (Å²) in [6.07, 6.45) is 0. The molecular weight excluding hydrogens is 416 g/mol. The molecule has 7 heteroatoms. The van der Waals surface area contributed by atoms with Crippen molar-refractivity contribution in [2.75, 3.05) is 39.4 Å². The largest absolute Gasteiger partial charge is 0.507 e. The number of halogens is 1. The fraction of sp³-hybridized carbons (Fsp3) is 0.333. The minimum Gasteiger partial charge on any atom is -0.507 e. The Bertz CT molecular complexity index is 995. The van der Waals surface area contributed by atoms with Gasteiger partial charge in [0.2, 0.25) is 0 Å². The number of aryl methyl sites for hydroxylation is 1. The Kier molecular flexibility index (Phi) is 6.41. The molecule has 1 atom stereocenters. The van der Waals surface area contributed by atoms with E-state index in [1.165, 1.54) is 0 Å². The fourth-order valence-corrected chi connectivity index (χ4v) is 4.17. The molecule has 0 radical (unpaired) electrons. The van der Waals surface area contributed by atoms with Crippen LogP contribution in [0.1, 0.15) is 22.7 Å². The molecular formula is C24H25ClN2O4. The number of Topliss-reactive ketones (excluding diaryl/α,β-unsaturated/α-hetero) is 1. The summed E-state index contributed by atoms with van der Waals surface area (Å²) in [6, 6.07) is 13.6. The third kappa shape index (κ3) is 4.51. The van der Waals surface area contributed by atoms with Gasteiger partial charge in [0.1, 0.15) is 5.76 Å². The molecule has 2 aliphatic rings. The van der Waals surface area contributed by atoms with Crippen molar-refractivity contribution in [2.45, 2.75) is 13.0 Å². The van der Waals surface area contributed by atoms with E-state index in [9.17, 15) is 14.7 Å². The lowest BCUT2D eigenvalue weighted by Gasteiger charge is -2.31. The first-order valence-electron chi connectivity index (χ1n) is 10.4. The lowest BCUT2D eigenvalue weighted by atomic mass is 9.95. The molecule has 2 fully saturated rings. The van der Waals surface area contributed by atoms with Gasteiger partial charge in [-0.25, -0.2) is 0 Å². The molecule has 0 aliphatic carbocycles. The maximum absolute atomic E-state index is 13.0. The minimum atomic E-state index is -0.667. The number of hydrogen-bond acceptors (Lipinski definition) is 5. The molecule has 2 aromatic rings. The van der Waals surface area contributed by atoms with Gasteiger partial charge in [0, 0.05) is 36.8 Å². The number of nitrogens with zero attached hydrogens (tertiary/aromatic N) is 2. The zero-order valence-corrected chi connectivity index (χ0v) is 18.1. The number of hydrogen-bond donors (Lipinski definition) is 1. The molecule has 1 amide bonds. The second-order valence-electron chi connectivity index (χ2n) is 7.86. The predicted octanol–water partition coefficient (Wildman–Crippen LogP) is 3.40. The van der Waals surface area contributed by atoms with Gasteiger partial charge in [-0.3, -0.25) is 14.5 Å². The summed E-state index contributed by atoms with van der Waals surface area (Å²) in [5, 5.41) is 11.6. The highest BCUT2D eigenvalue weighted by Gasteiger charge is 2.46. The van der Waals surface area contributed by atoms with Crippen molar-refractivity contribution < 1.29 is 19.4 Å². The average molecular weight is 441 g/mol. The molecule has 4 rings (SSSR count). The Labute approximate surface area is 186 Å². The highest BCUT2D eigenvalue weighted by Crippen LogP contribution is 2.39. The summed E-state index contributed by atoms with van der Waals surface area (Å²) >= 11 is 5.96. The van der Waals surface area contributed by atoms with Crippen molar-refractivity contribution in [3.8, 4) is 0 Å². The lowest BCUT2D eigenvalue weighted by molar-refractivity contribution is -0.140. The first-order chi connectivity index (χ1) is 15.0. The molecule has 0 bridgehead atoms. The minimum absolute atomic E-state index is 0.109. The Hall–Kier alpha value is -2.67. The van der Waals surface area contributed by atoms with Crippen molar-refractivity contribution in [3.63, 3.8) is 0 Å². The summed E-state index contributed by atoms with van der Waals surface area (Å²) in [5.41, 5.74) is 2.43. The Morgan fingerprint density at radius 1 is 1.03 bits per heavy atom. The third-order valence-electron chi connectivity index (χ3n) is 5.81. The number of likely N-dealkylation sites (tertiary alicyclic amines) is 1. The molecule has 2 aliphatic heterocycles. The molecule has 162 valence electrons. The molecule has 1 N–H and O–H groups in total. The molecule has 6 nitrogen and oxygen atoms in total. The number of ketones is 1. The normalized spacial score (nSPS) is 21.6. The molecule has 2 aromatic carbocycles. The van der Waals surface area contributed by atoms with Crippen LogP contribution in [0.4, 0.5) is 0 Å². The Morgan fingerprint density at radius 2 is 1.68 bits per heavy atom. The van der Waals surface area contributed by atoms with E-state index in [1.807, 2.05) is 31.2 Å². The second-order valence-corrected chi connectivity index (χ2v) is 8.30. The number of morpholine rings is 1. The zero-order chi connectivity index (χ0) is 22.0. The summed E-state index contributed by atoms with van der Waals surface area (Å²) in [6.45, 7) is 5.93. The van der Waals surface area contributed by atoms with E-state index in [0.29, 0.717) is 36.9 Å². The van der Waals surface area contributed by atoms with E-state index in [2.05, 4.69) is 4.90 Å². The van der Waals surface area contributed by atoms with Gasteiger partial charge in [-0.15, -0.1) is 0 Å². The summed E-state index contributed by atoms with van der Waals surface area (Å²) < 4.78 is 5.39. The number of aliphatic hydroxyl groups is 1. The van der Waals surface area contributed by atoms with Crippen molar-refractivity contribution in [3.05, 3.63) is 75.8 Å². The molecule has 31 heavy (non-hydrogen) atoms. The molecule has 0 saturated carbocycles. The van der Waals surface area contributed by atoms with E-state index in [4.69, 9.17) is 16.3 Å². The topological polar surface area (TPSA) is 70.1 Å². The molecule has 1 unspecified atom stereocenters. The number of benzene rings is 2. The van der Waals surface area contributed by atoms with Gasteiger partial charge >= 0.3 is 0 Å². The van der Waals surface area contributed by atoms with Crippen LogP contribution in [-0.4, -0.2) is 66.0 Å². The monoisotopic (exact) mass is 440 g/mol. The van der Waals surface area contributed by atoms with Crippen LogP contribution in [-0.2, 0) is 14.3 Å². The number of rotatable bonds is 5. The summed E-state index contributed by atoms with van der Waals surface area (Å²) in [5.74, 6) is -1.44. The van der Waals surface area contributed by atoms with Crippen LogP contribution in [0.25, 0.3) is 5.76 Å². The third-order valence-corrected chi connectivity index (χ3v) is 6.06. The second kappa shape index (κ2) is 9.22. The van der Waals surface area contributed by atoms with Crippen LogP contribution < -0.4 is 0 Å². The Morgan fingerprint density at radius 3 is 2.32 bits per heavy atom. The van der Waals surface area contributed by atoms with Crippen LogP contribution in [0.15, 0.2) is 54.1 Å². The first kappa shape index (κ1) is 21.6. The van der Waals surface area contributed by atoms with Crippen molar-refractivity contribution >= 4 is 29.1 Å². The van der Waals surface area contributed by atoms with Gasteiger partial charge in [0.05, 0.1) is 24.8 Å². The number of amides is 1. The van der Waals surface area contributed by atoms with Gasteiger partial charge in [0.25, 0.3) is 11.7 Å². The highest BCUT2D eigenvalue weighted by atomic mass is 35.5. The number of aliphatic hydroxyl groups excluding tert-OH is 1. The highest BCUT2D eigenvalue weighted by molar-refractivity contribution is 6.46. The van der Waals surface area contributed by atoms with Crippen molar-refractivity contribution in [1.29, 1.82) is 0 Å². The SMILES string of the molecule is Cc1ccc(C2/C(=C(/O)c3ccc(Cl)cc3)C(=O)C(=O)N2CCN2CCOCC2)cc1. The lowest BCUT2D eigenvalue weighted by Crippen LogP contribution is -2.42. The van der Waals surface area contributed by atoms with Gasteiger partial charge < -0.3 is 14.7 Å². The van der Waals surface area contributed by atoms with Gasteiger partial charge in [-0.05, 0) is 36.8 Å².